The number of anilines is 2. The Morgan fingerprint density at radius 2 is 2.05 bits per heavy atom. The van der Waals surface area contributed by atoms with Gasteiger partial charge >= 0.3 is 0 Å². The molecule has 2 rings (SSSR count). The van der Waals surface area contributed by atoms with E-state index in [1.165, 1.54) is 11.1 Å². The number of nitrogen functional groups attached to an aromatic ring is 1. The highest BCUT2D eigenvalue weighted by atomic mass is 79.9. The predicted molar refractivity (Wildman–Crippen MR) is 84.3 cm³/mol. The molecule has 0 fully saturated rings. The number of rotatable bonds is 3. The van der Waals surface area contributed by atoms with E-state index in [4.69, 9.17) is 5.73 Å². The van der Waals surface area contributed by atoms with Gasteiger partial charge in [0, 0.05) is 23.4 Å². The lowest BCUT2D eigenvalue weighted by atomic mass is 10.1. The Hall–Kier alpha value is -1.55. The molecule has 3 nitrogen and oxygen atoms in total. The van der Waals surface area contributed by atoms with Gasteiger partial charge in [0.2, 0.25) is 0 Å². The van der Waals surface area contributed by atoms with Gasteiger partial charge in [-0.05, 0) is 59.1 Å². The van der Waals surface area contributed by atoms with Crippen LogP contribution in [0.3, 0.4) is 0 Å². The molecule has 1 heterocycles. The molecule has 0 spiro atoms. The summed E-state index contributed by atoms with van der Waals surface area (Å²) < 4.78 is 1.03. The van der Waals surface area contributed by atoms with Crippen molar-refractivity contribution in [2.75, 3.05) is 17.7 Å². The fourth-order valence-corrected chi connectivity index (χ4v) is 2.18. The van der Waals surface area contributed by atoms with E-state index in [1.807, 2.05) is 31.4 Å². The third-order valence-electron chi connectivity index (χ3n) is 3.37. The van der Waals surface area contributed by atoms with E-state index in [1.54, 1.807) is 0 Å². The smallest absolute Gasteiger partial charge is 0.129 e. The van der Waals surface area contributed by atoms with Crippen LogP contribution in [-0.4, -0.2) is 12.0 Å². The molecule has 2 aromatic rings. The Bertz CT molecular complexity index is 583. The first-order valence-electron chi connectivity index (χ1n) is 6.19. The third kappa shape index (κ3) is 3.07. The van der Waals surface area contributed by atoms with E-state index in [9.17, 15) is 0 Å². The van der Waals surface area contributed by atoms with Gasteiger partial charge in [0.15, 0.2) is 0 Å². The van der Waals surface area contributed by atoms with Crippen LogP contribution in [0, 0.1) is 6.92 Å². The Labute approximate surface area is 122 Å². The maximum absolute atomic E-state index is 5.84. The van der Waals surface area contributed by atoms with E-state index in [0.717, 1.165) is 16.0 Å². The number of hydrogen-bond donors (Lipinski definition) is 1. The third-order valence-corrected chi connectivity index (χ3v) is 4.20. The van der Waals surface area contributed by atoms with E-state index in [-0.39, 0.29) is 6.04 Å². The van der Waals surface area contributed by atoms with Crippen molar-refractivity contribution in [2.24, 2.45) is 0 Å². The maximum Gasteiger partial charge on any atom is 0.129 e. The summed E-state index contributed by atoms with van der Waals surface area (Å²) in [7, 11) is 2.05. The molecule has 0 aliphatic carbocycles. The number of halogens is 1. The minimum Gasteiger partial charge on any atom is -0.399 e. The molecule has 0 saturated carbocycles. The maximum atomic E-state index is 5.84. The van der Waals surface area contributed by atoms with Gasteiger partial charge in [0.1, 0.15) is 5.82 Å². The highest BCUT2D eigenvalue weighted by Crippen LogP contribution is 2.27. The predicted octanol–water partition coefficient (Wildman–Crippen LogP) is 3.93. The molecular weight excluding hydrogens is 302 g/mol. The van der Waals surface area contributed by atoms with Gasteiger partial charge < -0.3 is 10.6 Å². The van der Waals surface area contributed by atoms with Crippen molar-refractivity contribution in [1.82, 2.24) is 4.98 Å². The van der Waals surface area contributed by atoms with Crippen LogP contribution in [0.4, 0.5) is 11.5 Å². The summed E-state index contributed by atoms with van der Waals surface area (Å²) in [5.74, 6) is 0.954. The quantitative estimate of drug-likeness (QED) is 0.871. The zero-order valence-electron chi connectivity index (χ0n) is 11.4. The summed E-state index contributed by atoms with van der Waals surface area (Å²) in [6.45, 7) is 4.21. The van der Waals surface area contributed by atoms with Crippen molar-refractivity contribution in [3.05, 3.63) is 52.1 Å². The molecule has 0 saturated heterocycles. The molecule has 2 N–H and O–H groups in total. The molecule has 1 unspecified atom stereocenters. The monoisotopic (exact) mass is 319 g/mol. The zero-order chi connectivity index (χ0) is 14.0. The van der Waals surface area contributed by atoms with Crippen molar-refractivity contribution in [3.8, 4) is 0 Å². The van der Waals surface area contributed by atoms with E-state index >= 15 is 0 Å². The van der Waals surface area contributed by atoms with E-state index < -0.39 is 0 Å². The average Bonchev–Trinajstić information content (AvgIpc) is 2.40. The number of aryl methyl sites for hydroxylation is 1. The summed E-state index contributed by atoms with van der Waals surface area (Å²) in [5.41, 5.74) is 8.99. The number of nitrogens with zero attached hydrogens (tertiary/aromatic N) is 2. The van der Waals surface area contributed by atoms with Gasteiger partial charge in [-0.15, -0.1) is 0 Å². The van der Waals surface area contributed by atoms with Crippen molar-refractivity contribution < 1.29 is 0 Å². The lowest BCUT2D eigenvalue weighted by molar-refractivity contribution is 0.728. The number of nitrogens with two attached hydrogens (primary N) is 1. The molecule has 0 bridgehead atoms. The van der Waals surface area contributed by atoms with Crippen LogP contribution in [0.15, 0.2) is 41.0 Å². The second-order valence-electron chi connectivity index (χ2n) is 4.75. The fraction of sp³-hybridized carbons (Fsp3) is 0.267. The minimum atomic E-state index is 0.219. The first kappa shape index (κ1) is 13.9. The minimum absolute atomic E-state index is 0.219. The Morgan fingerprint density at radius 1 is 1.32 bits per heavy atom. The number of pyridine rings is 1. The first-order valence-corrected chi connectivity index (χ1v) is 6.98. The topological polar surface area (TPSA) is 42.1 Å². The lowest BCUT2D eigenvalue weighted by Gasteiger charge is -2.27. The molecule has 100 valence electrons. The first-order chi connectivity index (χ1) is 8.99. The van der Waals surface area contributed by atoms with Crippen molar-refractivity contribution in [2.45, 2.75) is 19.9 Å². The molecule has 0 radical (unpaired) electrons. The van der Waals surface area contributed by atoms with Crippen molar-refractivity contribution in [3.63, 3.8) is 0 Å². The molecular formula is C15H18BrN3. The van der Waals surface area contributed by atoms with Crippen molar-refractivity contribution in [1.29, 1.82) is 0 Å². The molecule has 1 atom stereocenters. The molecule has 0 amide bonds. The number of benzene rings is 1. The Morgan fingerprint density at radius 3 is 2.68 bits per heavy atom. The Balaban J connectivity index is 2.27. The summed E-state index contributed by atoms with van der Waals surface area (Å²) >= 11 is 3.47. The van der Waals surface area contributed by atoms with Crippen LogP contribution in [-0.2, 0) is 0 Å². The van der Waals surface area contributed by atoms with Crippen LogP contribution < -0.4 is 10.6 Å². The lowest BCUT2D eigenvalue weighted by Crippen LogP contribution is -2.22. The van der Waals surface area contributed by atoms with Crippen LogP contribution >= 0.6 is 15.9 Å². The van der Waals surface area contributed by atoms with Gasteiger partial charge in [0.25, 0.3) is 0 Å². The van der Waals surface area contributed by atoms with Crippen LogP contribution in [0.5, 0.6) is 0 Å². The van der Waals surface area contributed by atoms with Gasteiger partial charge in [-0.2, -0.15) is 0 Å². The number of aromatic nitrogens is 1. The average molecular weight is 320 g/mol. The zero-order valence-corrected chi connectivity index (χ0v) is 13.0. The second-order valence-corrected chi connectivity index (χ2v) is 5.60. The highest BCUT2D eigenvalue weighted by molar-refractivity contribution is 9.10. The van der Waals surface area contributed by atoms with Gasteiger partial charge in [-0.3, -0.25) is 0 Å². The molecule has 1 aromatic carbocycles. The van der Waals surface area contributed by atoms with E-state index in [0.29, 0.717) is 0 Å². The summed E-state index contributed by atoms with van der Waals surface area (Å²) in [6, 6.07) is 10.3. The van der Waals surface area contributed by atoms with Gasteiger partial charge in [-0.1, -0.05) is 12.1 Å². The van der Waals surface area contributed by atoms with Crippen LogP contribution in [0.25, 0.3) is 0 Å². The highest BCUT2D eigenvalue weighted by Gasteiger charge is 2.14. The van der Waals surface area contributed by atoms with Crippen LogP contribution in [0.1, 0.15) is 24.1 Å². The molecule has 4 heteroatoms. The summed E-state index contributed by atoms with van der Waals surface area (Å²) in [6.07, 6.45) is 1.84. The van der Waals surface area contributed by atoms with Crippen molar-refractivity contribution >= 4 is 27.4 Å². The molecule has 1 aromatic heterocycles. The van der Waals surface area contributed by atoms with Gasteiger partial charge in [0.05, 0.1) is 6.04 Å². The molecule has 0 aliphatic heterocycles. The normalized spacial score (nSPS) is 12.2. The van der Waals surface area contributed by atoms with E-state index in [2.05, 4.69) is 51.8 Å². The summed E-state index contributed by atoms with van der Waals surface area (Å²) in [5, 5.41) is 0. The van der Waals surface area contributed by atoms with Crippen LogP contribution in [0.2, 0.25) is 0 Å². The van der Waals surface area contributed by atoms with Gasteiger partial charge in [-0.25, -0.2) is 4.98 Å². The largest absolute Gasteiger partial charge is 0.399 e. The summed E-state index contributed by atoms with van der Waals surface area (Å²) in [4.78, 5) is 6.60. The fourth-order valence-electron chi connectivity index (χ4n) is 1.96. The second kappa shape index (κ2) is 5.61. The molecule has 0 aliphatic rings. The SMILES string of the molecule is Cc1cc(N(C)C(C)c2cccc(N)c2)ncc1Br. The number of hydrogen-bond acceptors (Lipinski definition) is 3. The Kier molecular flexibility index (Phi) is 4.10. The molecule has 19 heavy (non-hydrogen) atoms. The standard InChI is InChI=1S/C15H18BrN3/c1-10-7-15(18-9-14(10)16)19(3)11(2)12-5-4-6-13(17)8-12/h4-9,11H,17H2,1-3H3.